The summed E-state index contributed by atoms with van der Waals surface area (Å²) < 4.78 is 4.51. The fraction of sp³-hybridized carbons (Fsp3) is 0.846. The number of anilines is 1. The van der Waals surface area contributed by atoms with Crippen molar-refractivity contribution in [3.8, 4) is 0 Å². The Labute approximate surface area is 114 Å². The summed E-state index contributed by atoms with van der Waals surface area (Å²) in [7, 11) is 0. The molecule has 1 saturated heterocycles. The van der Waals surface area contributed by atoms with Crippen LogP contribution in [0.4, 0.5) is 5.13 Å². The van der Waals surface area contributed by atoms with Gasteiger partial charge in [-0.1, -0.05) is 20.8 Å². The lowest BCUT2D eigenvalue weighted by atomic mass is 9.94. The van der Waals surface area contributed by atoms with Gasteiger partial charge in [0.25, 0.3) is 0 Å². The molecule has 5 heteroatoms. The van der Waals surface area contributed by atoms with Gasteiger partial charge in [-0.15, -0.1) is 0 Å². The fourth-order valence-electron chi connectivity index (χ4n) is 2.28. The maximum atomic E-state index is 5.80. The van der Waals surface area contributed by atoms with Crippen LogP contribution in [0.15, 0.2) is 0 Å². The molecule has 0 bridgehead atoms. The predicted octanol–water partition coefficient (Wildman–Crippen LogP) is 2.40. The number of aromatic nitrogens is 2. The first-order valence-electron chi connectivity index (χ1n) is 6.72. The van der Waals surface area contributed by atoms with Gasteiger partial charge in [0.15, 0.2) is 0 Å². The van der Waals surface area contributed by atoms with E-state index in [9.17, 15) is 0 Å². The van der Waals surface area contributed by atoms with E-state index in [1.54, 1.807) is 0 Å². The van der Waals surface area contributed by atoms with Gasteiger partial charge in [-0.25, -0.2) is 4.98 Å². The van der Waals surface area contributed by atoms with Crippen LogP contribution in [-0.2, 0) is 5.41 Å². The van der Waals surface area contributed by atoms with Gasteiger partial charge in [0, 0.05) is 29.5 Å². The zero-order valence-corrected chi connectivity index (χ0v) is 12.6. The molecular weight excluding hydrogens is 244 g/mol. The van der Waals surface area contributed by atoms with Crippen LogP contribution < -0.4 is 10.6 Å². The number of hydrogen-bond acceptors (Lipinski definition) is 5. The van der Waals surface area contributed by atoms with E-state index in [4.69, 9.17) is 10.7 Å². The molecule has 2 unspecified atom stereocenters. The molecule has 2 heterocycles. The smallest absolute Gasteiger partial charge is 0.205 e. The molecule has 0 amide bonds. The third-order valence-electron chi connectivity index (χ3n) is 3.64. The molecule has 2 atom stereocenters. The second kappa shape index (κ2) is 5.13. The van der Waals surface area contributed by atoms with E-state index in [0.29, 0.717) is 12.0 Å². The highest BCUT2D eigenvalue weighted by molar-refractivity contribution is 7.09. The molecule has 4 nitrogen and oxygen atoms in total. The molecule has 2 N–H and O–H groups in total. The average Bonchev–Trinajstić information content (AvgIpc) is 2.78. The van der Waals surface area contributed by atoms with Gasteiger partial charge in [0.2, 0.25) is 5.13 Å². The molecule has 1 aliphatic heterocycles. The Kier molecular flexibility index (Phi) is 3.92. The van der Waals surface area contributed by atoms with Gasteiger partial charge in [0.1, 0.15) is 5.82 Å². The van der Waals surface area contributed by atoms with E-state index in [1.165, 1.54) is 24.4 Å². The standard InChI is InChI=1S/C13H24N4S/c1-9-5-6-10(7-14)8-17(9)12-15-11(16-18-12)13(2,3)4/h9-10H,5-8,14H2,1-4H3. The van der Waals surface area contributed by atoms with Crippen molar-refractivity contribution in [3.05, 3.63) is 5.82 Å². The van der Waals surface area contributed by atoms with Gasteiger partial charge in [-0.05, 0) is 32.2 Å². The monoisotopic (exact) mass is 268 g/mol. The molecular formula is C13H24N4S. The van der Waals surface area contributed by atoms with Crippen molar-refractivity contribution in [3.63, 3.8) is 0 Å². The highest BCUT2D eigenvalue weighted by atomic mass is 32.1. The third-order valence-corrected chi connectivity index (χ3v) is 4.40. The number of nitrogens with two attached hydrogens (primary N) is 1. The highest BCUT2D eigenvalue weighted by Gasteiger charge is 2.28. The molecule has 1 aliphatic rings. The topological polar surface area (TPSA) is 55.0 Å². The zero-order valence-electron chi connectivity index (χ0n) is 11.8. The Bertz CT molecular complexity index is 396. The Morgan fingerprint density at radius 1 is 1.39 bits per heavy atom. The first-order chi connectivity index (χ1) is 8.41. The van der Waals surface area contributed by atoms with Crippen molar-refractivity contribution in [2.75, 3.05) is 18.0 Å². The molecule has 1 aromatic rings. The minimum absolute atomic E-state index is 0.0288. The van der Waals surface area contributed by atoms with Crippen molar-refractivity contribution >= 4 is 16.7 Å². The summed E-state index contributed by atoms with van der Waals surface area (Å²) in [6, 6.07) is 0.550. The Morgan fingerprint density at radius 3 is 2.67 bits per heavy atom. The van der Waals surface area contributed by atoms with E-state index in [-0.39, 0.29) is 5.41 Å². The quantitative estimate of drug-likeness (QED) is 0.895. The molecule has 0 radical (unpaired) electrons. The molecule has 1 aromatic heterocycles. The van der Waals surface area contributed by atoms with Crippen molar-refractivity contribution in [1.82, 2.24) is 9.36 Å². The number of rotatable bonds is 2. The first-order valence-corrected chi connectivity index (χ1v) is 7.50. The van der Waals surface area contributed by atoms with Crippen LogP contribution >= 0.6 is 11.5 Å². The zero-order chi connectivity index (χ0) is 13.3. The molecule has 0 spiro atoms. The summed E-state index contributed by atoms with van der Waals surface area (Å²) in [5.41, 5.74) is 5.83. The van der Waals surface area contributed by atoms with Crippen LogP contribution in [0.1, 0.15) is 46.4 Å². The average molecular weight is 268 g/mol. The largest absolute Gasteiger partial charge is 0.344 e. The Morgan fingerprint density at radius 2 is 2.11 bits per heavy atom. The Balaban J connectivity index is 2.17. The lowest BCUT2D eigenvalue weighted by Gasteiger charge is -2.37. The summed E-state index contributed by atoms with van der Waals surface area (Å²) in [6.45, 7) is 10.5. The van der Waals surface area contributed by atoms with Gasteiger partial charge in [0.05, 0.1) is 0 Å². The maximum absolute atomic E-state index is 5.80. The second-order valence-electron chi connectivity index (χ2n) is 6.33. The van der Waals surface area contributed by atoms with Crippen LogP contribution in [0.3, 0.4) is 0 Å². The van der Waals surface area contributed by atoms with Gasteiger partial charge in [-0.3, -0.25) is 0 Å². The van der Waals surface area contributed by atoms with Crippen LogP contribution in [0.2, 0.25) is 0 Å². The van der Waals surface area contributed by atoms with Crippen molar-refractivity contribution in [1.29, 1.82) is 0 Å². The van der Waals surface area contributed by atoms with Crippen molar-refractivity contribution in [2.45, 2.75) is 52.0 Å². The van der Waals surface area contributed by atoms with E-state index in [2.05, 4.69) is 37.0 Å². The minimum atomic E-state index is 0.0288. The van der Waals surface area contributed by atoms with E-state index in [1.807, 2.05) is 0 Å². The van der Waals surface area contributed by atoms with Crippen molar-refractivity contribution in [2.24, 2.45) is 11.7 Å². The number of nitrogens with zero attached hydrogens (tertiary/aromatic N) is 3. The van der Waals surface area contributed by atoms with Crippen LogP contribution in [-0.4, -0.2) is 28.5 Å². The molecule has 2 rings (SSSR count). The van der Waals surface area contributed by atoms with E-state index >= 15 is 0 Å². The SMILES string of the molecule is CC1CCC(CN)CN1c1nc(C(C)(C)C)ns1. The first kappa shape index (κ1) is 13.7. The van der Waals surface area contributed by atoms with Crippen LogP contribution in [0.5, 0.6) is 0 Å². The molecule has 0 saturated carbocycles. The van der Waals surface area contributed by atoms with Crippen LogP contribution in [0, 0.1) is 5.92 Å². The molecule has 0 aromatic carbocycles. The number of hydrogen-bond donors (Lipinski definition) is 1. The van der Waals surface area contributed by atoms with E-state index < -0.39 is 0 Å². The normalized spacial score (nSPS) is 25.5. The fourth-order valence-corrected chi connectivity index (χ4v) is 3.25. The molecule has 1 fully saturated rings. The lowest BCUT2D eigenvalue weighted by molar-refractivity contribution is 0.373. The van der Waals surface area contributed by atoms with Gasteiger partial charge >= 0.3 is 0 Å². The predicted molar refractivity (Wildman–Crippen MR) is 77.2 cm³/mol. The summed E-state index contributed by atoms with van der Waals surface area (Å²) in [5, 5.41) is 1.06. The van der Waals surface area contributed by atoms with E-state index in [0.717, 1.165) is 24.0 Å². The maximum Gasteiger partial charge on any atom is 0.205 e. The summed E-state index contributed by atoms with van der Waals surface area (Å²) >= 11 is 1.52. The Hall–Kier alpha value is -0.680. The van der Waals surface area contributed by atoms with Crippen molar-refractivity contribution < 1.29 is 0 Å². The summed E-state index contributed by atoms with van der Waals surface area (Å²) in [5.74, 6) is 1.55. The van der Waals surface area contributed by atoms with Crippen LogP contribution in [0.25, 0.3) is 0 Å². The number of piperidine rings is 1. The lowest BCUT2D eigenvalue weighted by Crippen LogP contribution is -2.44. The minimum Gasteiger partial charge on any atom is -0.344 e. The second-order valence-corrected chi connectivity index (χ2v) is 7.06. The summed E-state index contributed by atoms with van der Waals surface area (Å²) in [4.78, 5) is 7.10. The van der Waals surface area contributed by atoms with Gasteiger partial charge < -0.3 is 10.6 Å². The molecule has 18 heavy (non-hydrogen) atoms. The third kappa shape index (κ3) is 2.83. The summed E-state index contributed by atoms with van der Waals surface area (Å²) in [6.07, 6.45) is 2.44. The molecule has 0 aliphatic carbocycles. The van der Waals surface area contributed by atoms with Gasteiger partial charge in [-0.2, -0.15) is 4.37 Å². The highest BCUT2D eigenvalue weighted by Crippen LogP contribution is 2.31. The molecule has 102 valence electrons.